The lowest BCUT2D eigenvalue weighted by atomic mass is 10.2. The number of hydrogen-bond donors (Lipinski definition) is 0. The number of halogens is 3. The molecule has 14 heavy (non-hydrogen) atoms. The van der Waals surface area contributed by atoms with Crippen LogP contribution in [0.15, 0.2) is 12.1 Å². The molecule has 0 unspecified atom stereocenters. The van der Waals surface area contributed by atoms with Crippen molar-refractivity contribution in [2.75, 3.05) is 0 Å². The molecule has 0 radical (unpaired) electrons. The van der Waals surface area contributed by atoms with Gasteiger partial charge in [0.05, 0.1) is 10.5 Å². The van der Waals surface area contributed by atoms with E-state index >= 15 is 0 Å². The van der Waals surface area contributed by atoms with Crippen molar-refractivity contribution in [3.05, 3.63) is 26.7 Å². The Morgan fingerprint density at radius 1 is 1.57 bits per heavy atom. The van der Waals surface area contributed by atoms with Gasteiger partial charge in [-0.3, -0.25) is 4.68 Å². The first kappa shape index (κ1) is 10.2. The molecule has 1 aromatic carbocycles. The van der Waals surface area contributed by atoms with Crippen LogP contribution in [0.25, 0.3) is 10.9 Å². The van der Waals surface area contributed by atoms with Crippen molar-refractivity contribution < 1.29 is 4.39 Å². The summed E-state index contributed by atoms with van der Waals surface area (Å²) >= 11 is 7.81. The van der Waals surface area contributed by atoms with Gasteiger partial charge in [-0.1, -0.05) is 11.6 Å². The van der Waals surface area contributed by atoms with Crippen molar-refractivity contribution in [2.24, 2.45) is 0 Å². The van der Waals surface area contributed by atoms with Crippen molar-refractivity contribution in [1.82, 2.24) is 9.78 Å². The summed E-state index contributed by atoms with van der Waals surface area (Å²) in [6.07, 6.45) is 0. The third-order valence-corrected chi connectivity index (χ3v) is 3.13. The van der Waals surface area contributed by atoms with Crippen molar-refractivity contribution >= 4 is 45.1 Å². The molecule has 2 rings (SSSR count). The van der Waals surface area contributed by atoms with Gasteiger partial charge >= 0.3 is 0 Å². The first-order chi connectivity index (χ1) is 6.63. The smallest absolute Gasteiger partial charge is 0.143 e. The highest BCUT2D eigenvalue weighted by atomic mass is 127. The van der Waals surface area contributed by atoms with Crippen molar-refractivity contribution in [3.8, 4) is 0 Å². The van der Waals surface area contributed by atoms with Gasteiger partial charge in [-0.25, -0.2) is 4.39 Å². The molecule has 0 aliphatic rings. The molecule has 0 bridgehead atoms. The van der Waals surface area contributed by atoms with Crippen LogP contribution in [0.4, 0.5) is 4.39 Å². The summed E-state index contributed by atoms with van der Waals surface area (Å²) in [5.41, 5.74) is 0.791. The minimum atomic E-state index is -0.398. The Bertz CT molecular complexity index is 495. The molecule has 5 heteroatoms. The third-order valence-electron chi connectivity index (χ3n) is 2.05. The van der Waals surface area contributed by atoms with Crippen molar-refractivity contribution in [1.29, 1.82) is 0 Å². The fourth-order valence-electron chi connectivity index (χ4n) is 1.37. The zero-order valence-electron chi connectivity index (χ0n) is 7.39. The first-order valence-electron chi connectivity index (χ1n) is 4.14. The van der Waals surface area contributed by atoms with Crippen LogP contribution in [-0.2, 0) is 6.54 Å². The molecular formula is C9H7ClFIN2. The van der Waals surface area contributed by atoms with E-state index in [1.807, 2.05) is 6.92 Å². The number of fused-ring (bicyclic) bond motifs is 1. The molecule has 2 nitrogen and oxygen atoms in total. The predicted molar refractivity (Wildman–Crippen MR) is 63.1 cm³/mol. The Balaban J connectivity index is 2.84. The molecular weight excluding hydrogens is 317 g/mol. The van der Waals surface area contributed by atoms with E-state index in [4.69, 9.17) is 11.6 Å². The number of hydrogen-bond acceptors (Lipinski definition) is 1. The van der Waals surface area contributed by atoms with Crippen LogP contribution in [0.1, 0.15) is 6.92 Å². The summed E-state index contributed by atoms with van der Waals surface area (Å²) in [4.78, 5) is 0. The third kappa shape index (κ3) is 1.50. The van der Waals surface area contributed by atoms with Crippen LogP contribution >= 0.6 is 34.2 Å². The molecule has 0 spiro atoms. The summed E-state index contributed by atoms with van der Waals surface area (Å²) in [5, 5.41) is 5.31. The maximum atomic E-state index is 13.2. The summed E-state index contributed by atoms with van der Waals surface area (Å²) < 4.78 is 15.8. The average Bonchev–Trinajstić information content (AvgIpc) is 2.45. The largest absolute Gasteiger partial charge is 0.264 e. The first-order valence-corrected chi connectivity index (χ1v) is 5.60. The predicted octanol–water partition coefficient (Wildman–Crippen LogP) is 3.45. The second-order valence-electron chi connectivity index (χ2n) is 2.89. The standard InChI is InChI=1S/C9H7ClFIN2/c1-2-14-8-4-7(11)6(10)3-5(8)9(12)13-14/h3-4H,2H2,1H3. The van der Waals surface area contributed by atoms with Gasteiger partial charge in [-0.2, -0.15) is 5.10 Å². The van der Waals surface area contributed by atoms with Gasteiger partial charge in [0.25, 0.3) is 0 Å². The molecule has 0 amide bonds. The molecule has 0 saturated heterocycles. The highest BCUT2D eigenvalue weighted by molar-refractivity contribution is 14.1. The van der Waals surface area contributed by atoms with Gasteiger partial charge in [-0.05, 0) is 35.6 Å². The highest BCUT2D eigenvalue weighted by Gasteiger charge is 2.10. The Kier molecular flexibility index (Phi) is 2.66. The van der Waals surface area contributed by atoms with Gasteiger partial charge in [-0.15, -0.1) is 0 Å². The maximum Gasteiger partial charge on any atom is 0.143 e. The zero-order valence-corrected chi connectivity index (χ0v) is 10.3. The minimum absolute atomic E-state index is 0.145. The lowest BCUT2D eigenvalue weighted by molar-refractivity contribution is 0.625. The van der Waals surface area contributed by atoms with Crippen molar-refractivity contribution in [2.45, 2.75) is 13.5 Å². The van der Waals surface area contributed by atoms with E-state index in [1.165, 1.54) is 6.07 Å². The van der Waals surface area contributed by atoms with Gasteiger partial charge in [0.15, 0.2) is 0 Å². The van der Waals surface area contributed by atoms with Crippen LogP contribution < -0.4 is 0 Å². The van der Waals surface area contributed by atoms with E-state index in [9.17, 15) is 4.39 Å². The maximum absolute atomic E-state index is 13.2. The van der Waals surface area contributed by atoms with E-state index in [2.05, 4.69) is 27.7 Å². The number of rotatable bonds is 1. The molecule has 1 aromatic heterocycles. The fourth-order valence-corrected chi connectivity index (χ4v) is 2.23. The van der Waals surface area contributed by atoms with E-state index in [-0.39, 0.29) is 5.02 Å². The number of benzene rings is 1. The monoisotopic (exact) mass is 324 g/mol. The summed E-state index contributed by atoms with van der Waals surface area (Å²) in [5.74, 6) is -0.398. The number of nitrogens with zero attached hydrogens (tertiary/aromatic N) is 2. The molecule has 2 aromatic rings. The lowest BCUT2D eigenvalue weighted by Gasteiger charge is -1.98. The molecule has 0 fully saturated rings. The molecule has 1 heterocycles. The number of aryl methyl sites for hydroxylation is 1. The van der Waals surface area contributed by atoms with E-state index in [1.54, 1.807) is 10.7 Å². The second kappa shape index (κ2) is 3.66. The van der Waals surface area contributed by atoms with Crippen molar-refractivity contribution in [3.63, 3.8) is 0 Å². The lowest BCUT2D eigenvalue weighted by Crippen LogP contribution is -1.96. The van der Waals surface area contributed by atoms with Gasteiger partial charge in [0, 0.05) is 18.0 Å². The molecule has 0 aliphatic carbocycles. The Morgan fingerprint density at radius 3 is 2.93 bits per heavy atom. The van der Waals surface area contributed by atoms with Crippen LogP contribution in [0.5, 0.6) is 0 Å². The number of aromatic nitrogens is 2. The average molecular weight is 325 g/mol. The topological polar surface area (TPSA) is 17.8 Å². The van der Waals surface area contributed by atoms with E-state index in [0.717, 1.165) is 21.1 Å². The zero-order chi connectivity index (χ0) is 10.3. The Morgan fingerprint density at radius 2 is 2.29 bits per heavy atom. The molecule has 0 aliphatic heterocycles. The van der Waals surface area contributed by atoms with E-state index in [0.29, 0.717) is 0 Å². The summed E-state index contributed by atoms with van der Waals surface area (Å²) in [6, 6.07) is 3.05. The molecule has 0 atom stereocenters. The molecule has 0 N–H and O–H groups in total. The van der Waals surface area contributed by atoms with Gasteiger partial charge in [0.1, 0.15) is 9.52 Å². The Hall–Kier alpha value is -0.360. The van der Waals surface area contributed by atoms with Gasteiger partial charge in [0.2, 0.25) is 0 Å². The summed E-state index contributed by atoms with van der Waals surface area (Å²) in [7, 11) is 0. The van der Waals surface area contributed by atoms with Gasteiger partial charge < -0.3 is 0 Å². The van der Waals surface area contributed by atoms with Crippen LogP contribution in [0.2, 0.25) is 5.02 Å². The van der Waals surface area contributed by atoms with E-state index < -0.39 is 5.82 Å². The highest BCUT2D eigenvalue weighted by Crippen LogP contribution is 2.26. The minimum Gasteiger partial charge on any atom is -0.264 e. The quantitative estimate of drug-likeness (QED) is 0.735. The van der Waals surface area contributed by atoms with Crippen LogP contribution in [-0.4, -0.2) is 9.78 Å². The second-order valence-corrected chi connectivity index (χ2v) is 4.32. The SMILES string of the molecule is CCn1nc(I)c2cc(Cl)c(F)cc21. The molecule has 0 saturated carbocycles. The Labute approximate surface area is 99.2 Å². The fraction of sp³-hybridized carbons (Fsp3) is 0.222. The molecule has 74 valence electrons. The van der Waals surface area contributed by atoms with Crippen LogP contribution in [0, 0.1) is 9.52 Å². The summed E-state index contributed by atoms with van der Waals surface area (Å²) in [6.45, 7) is 2.69. The normalized spacial score (nSPS) is 11.1. The van der Waals surface area contributed by atoms with Crippen LogP contribution in [0.3, 0.4) is 0 Å².